The predicted octanol–water partition coefficient (Wildman–Crippen LogP) is 1.37. The van der Waals surface area contributed by atoms with Crippen molar-refractivity contribution < 1.29 is 13.2 Å². The topological polar surface area (TPSA) is 43.4 Å². The van der Waals surface area contributed by atoms with Gasteiger partial charge < -0.3 is 4.74 Å². The van der Waals surface area contributed by atoms with Crippen LogP contribution in [-0.4, -0.2) is 37.5 Å². The molecular formula is C9H15BrO3S. The maximum absolute atomic E-state index is 11.4. The third kappa shape index (κ3) is 1.86. The van der Waals surface area contributed by atoms with E-state index in [0.29, 0.717) is 11.5 Å². The molecule has 0 spiro atoms. The normalized spacial score (nSPS) is 41.6. The molecule has 0 aliphatic carbocycles. The lowest BCUT2D eigenvalue weighted by Gasteiger charge is -2.31. The number of alkyl halides is 1. The first-order valence-corrected chi connectivity index (χ1v) is 7.93. The van der Waals surface area contributed by atoms with E-state index < -0.39 is 9.84 Å². The molecule has 0 saturated carbocycles. The van der Waals surface area contributed by atoms with E-state index in [4.69, 9.17) is 4.74 Å². The average Bonchev–Trinajstić information content (AvgIpc) is 2.72. The number of hydrogen-bond acceptors (Lipinski definition) is 3. The molecule has 2 aliphatic rings. The van der Waals surface area contributed by atoms with Crippen molar-refractivity contribution in [3.8, 4) is 0 Å². The van der Waals surface area contributed by atoms with Gasteiger partial charge in [-0.25, -0.2) is 8.42 Å². The smallest absolute Gasteiger partial charge is 0.150 e. The summed E-state index contributed by atoms with van der Waals surface area (Å²) in [6.45, 7) is 0.780. The first-order valence-electron chi connectivity index (χ1n) is 4.98. The Morgan fingerprint density at radius 2 is 2.29 bits per heavy atom. The Morgan fingerprint density at radius 1 is 1.50 bits per heavy atom. The molecule has 2 fully saturated rings. The van der Waals surface area contributed by atoms with Crippen LogP contribution >= 0.6 is 15.9 Å². The Hall–Kier alpha value is 0.390. The minimum atomic E-state index is -2.78. The fraction of sp³-hybridized carbons (Fsp3) is 1.00. The molecular weight excluding hydrogens is 268 g/mol. The summed E-state index contributed by atoms with van der Waals surface area (Å²) < 4.78 is 28.5. The van der Waals surface area contributed by atoms with Gasteiger partial charge in [-0.15, -0.1) is 0 Å². The fourth-order valence-electron chi connectivity index (χ4n) is 2.47. The third-order valence-corrected chi connectivity index (χ3v) is 6.05. The van der Waals surface area contributed by atoms with Crippen LogP contribution in [0.3, 0.4) is 0 Å². The second-order valence-electron chi connectivity index (χ2n) is 4.25. The van der Waals surface area contributed by atoms with Crippen LogP contribution < -0.4 is 0 Å². The SMILES string of the molecule is O=S1(=O)CCC(C2(CBr)CCCO2)C1. The molecule has 0 amide bonds. The van der Waals surface area contributed by atoms with Crippen molar-refractivity contribution in [1.82, 2.24) is 0 Å². The molecule has 5 heteroatoms. The summed E-state index contributed by atoms with van der Waals surface area (Å²) in [6.07, 6.45) is 2.83. The molecule has 2 unspecified atom stereocenters. The summed E-state index contributed by atoms with van der Waals surface area (Å²) in [4.78, 5) is 0. The van der Waals surface area contributed by atoms with Crippen LogP contribution in [-0.2, 0) is 14.6 Å². The Morgan fingerprint density at radius 3 is 2.71 bits per heavy atom. The molecule has 14 heavy (non-hydrogen) atoms. The fourth-order valence-corrected chi connectivity index (χ4v) is 5.26. The quantitative estimate of drug-likeness (QED) is 0.719. The molecule has 2 rings (SSSR count). The molecule has 2 heterocycles. The summed E-state index contributed by atoms with van der Waals surface area (Å²) in [5, 5.41) is 0.764. The van der Waals surface area contributed by atoms with Gasteiger partial charge in [-0.1, -0.05) is 15.9 Å². The highest BCUT2D eigenvalue weighted by molar-refractivity contribution is 9.09. The number of halogens is 1. The minimum Gasteiger partial charge on any atom is -0.374 e. The highest BCUT2D eigenvalue weighted by Gasteiger charge is 2.46. The molecule has 2 saturated heterocycles. The van der Waals surface area contributed by atoms with Gasteiger partial charge in [-0.2, -0.15) is 0 Å². The van der Waals surface area contributed by atoms with Gasteiger partial charge in [0.05, 0.1) is 17.1 Å². The molecule has 3 nitrogen and oxygen atoms in total. The van der Waals surface area contributed by atoms with Crippen LogP contribution in [0, 0.1) is 5.92 Å². The highest BCUT2D eigenvalue weighted by Crippen LogP contribution is 2.40. The number of rotatable bonds is 2. The highest BCUT2D eigenvalue weighted by atomic mass is 79.9. The van der Waals surface area contributed by atoms with Crippen molar-refractivity contribution in [2.24, 2.45) is 5.92 Å². The van der Waals surface area contributed by atoms with Crippen molar-refractivity contribution in [2.75, 3.05) is 23.4 Å². The molecule has 0 aromatic carbocycles. The van der Waals surface area contributed by atoms with Crippen LogP contribution in [0.2, 0.25) is 0 Å². The zero-order valence-electron chi connectivity index (χ0n) is 8.04. The van der Waals surface area contributed by atoms with Gasteiger partial charge in [0, 0.05) is 17.9 Å². The molecule has 0 N–H and O–H groups in total. The van der Waals surface area contributed by atoms with E-state index in [1.165, 1.54) is 0 Å². The Kier molecular flexibility index (Phi) is 2.92. The Bertz CT molecular complexity index is 306. The summed E-state index contributed by atoms with van der Waals surface area (Å²) in [6, 6.07) is 0. The van der Waals surface area contributed by atoms with Gasteiger partial charge in [0.15, 0.2) is 9.84 Å². The minimum absolute atomic E-state index is 0.191. The maximum atomic E-state index is 11.4. The molecule has 0 bridgehead atoms. The van der Waals surface area contributed by atoms with E-state index in [1.807, 2.05) is 0 Å². The van der Waals surface area contributed by atoms with Gasteiger partial charge in [0.1, 0.15) is 0 Å². The van der Waals surface area contributed by atoms with Crippen molar-refractivity contribution in [3.63, 3.8) is 0 Å². The van der Waals surface area contributed by atoms with E-state index in [1.54, 1.807) is 0 Å². The first kappa shape index (κ1) is 10.9. The molecule has 0 aromatic rings. The first-order chi connectivity index (χ1) is 6.58. The van der Waals surface area contributed by atoms with E-state index in [-0.39, 0.29) is 11.5 Å². The Balaban J connectivity index is 2.14. The van der Waals surface area contributed by atoms with Crippen molar-refractivity contribution in [2.45, 2.75) is 24.9 Å². The van der Waals surface area contributed by atoms with Gasteiger partial charge in [0.2, 0.25) is 0 Å². The van der Waals surface area contributed by atoms with E-state index >= 15 is 0 Å². The monoisotopic (exact) mass is 282 g/mol. The largest absolute Gasteiger partial charge is 0.374 e. The lowest BCUT2D eigenvalue weighted by atomic mass is 9.86. The summed E-state index contributed by atoms with van der Waals surface area (Å²) in [5.74, 6) is 0.864. The molecule has 82 valence electrons. The van der Waals surface area contributed by atoms with Crippen molar-refractivity contribution in [1.29, 1.82) is 0 Å². The number of hydrogen-bond donors (Lipinski definition) is 0. The van der Waals surface area contributed by atoms with Crippen LogP contribution in [0.4, 0.5) is 0 Å². The predicted molar refractivity (Wildman–Crippen MR) is 58.5 cm³/mol. The average molecular weight is 283 g/mol. The van der Waals surface area contributed by atoms with Gasteiger partial charge in [-0.3, -0.25) is 0 Å². The van der Waals surface area contributed by atoms with Crippen molar-refractivity contribution in [3.05, 3.63) is 0 Å². The second kappa shape index (κ2) is 3.76. The second-order valence-corrected chi connectivity index (χ2v) is 7.04. The lowest BCUT2D eigenvalue weighted by Crippen LogP contribution is -2.39. The lowest BCUT2D eigenvalue weighted by molar-refractivity contribution is -0.0153. The number of ether oxygens (including phenoxy) is 1. The van der Waals surface area contributed by atoms with Crippen LogP contribution in [0.1, 0.15) is 19.3 Å². The summed E-state index contributed by atoms with van der Waals surface area (Å²) in [5.41, 5.74) is -0.191. The third-order valence-electron chi connectivity index (χ3n) is 3.34. The molecule has 0 aromatic heterocycles. The standard InChI is InChI=1S/C9H15BrO3S/c10-7-9(3-1-4-13-9)8-2-5-14(11,12)6-8/h8H,1-7H2. The summed E-state index contributed by atoms with van der Waals surface area (Å²) >= 11 is 3.46. The van der Waals surface area contributed by atoms with Crippen LogP contribution in [0.5, 0.6) is 0 Å². The maximum Gasteiger partial charge on any atom is 0.150 e. The van der Waals surface area contributed by atoms with Crippen LogP contribution in [0.25, 0.3) is 0 Å². The van der Waals surface area contributed by atoms with Crippen LogP contribution in [0.15, 0.2) is 0 Å². The van der Waals surface area contributed by atoms with Crippen molar-refractivity contribution >= 4 is 25.8 Å². The number of sulfone groups is 1. The zero-order valence-corrected chi connectivity index (χ0v) is 10.4. The Labute approximate surface area is 93.3 Å². The summed E-state index contributed by atoms with van der Waals surface area (Å²) in [7, 11) is -2.78. The zero-order chi connectivity index (χ0) is 10.2. The van der Waals surface area contributed by atoms with Gasteiger partial charge >= 0.3 is 0 Å². The van der Waals surface area contributed by atoms with E-state index in [0.717, 1.165) is 31.2 Å². The van der Waals surface area contributed by atoms with Gasteiger partial charge in [-0.05, 0) is 19.3 Å². The molecule has 2 aliphatic heterocycles. The van der Waals surface area contributed by atoms with Gasteiger partial charge in [0.25, 0.3) is 0 Å². The van der Waals surface area contributed by atoms with E-state index in [2.05, 4.69) is 15.9 Å². The molecule has 2 atom stereocenters. The van der Waals surface area contributed by atoms with E-state index in [9.17, 15) is 8.42 Å². The molecule has 0 radical (unpaired) electrons.